The second-order valence-corrected chi connectivity index (χ2v) is 6.02. The topological polar surface area (TPSA) is 36.4 Å². The van der Waals surface area contributed by atoms with E-state index in [4.69, 9.17) is 0 Å². The van der Waals surface area contributed by atoms with Crippen molar-refractivity contribution in [1.29, 1.82) is 0 Å². The molecular formula is C17H27N3O. The molecule has 1 fully saturated rings. The molecule has 1 aliphatic rings. The number of hydrogen-bond acceptors (Lipinski definition) is 3. The Hall–Kier alpha value is -1.42. The van der Waals surface area contributed by atoms with Crippen molar-refractivity contribution in [2.24, 2.45) is 0 Å². The van der Waals surface area contributed by atoms with Crippen LogP contribution in [0.15, 0.2) is 18.3 Å². The molecule has 116 valence electrons. The normalized spacial score (nSPS) is 17.5. The first-order valence-electron chi connectivity index (χ1n) is 8.09. The van der Waals surface area contributed by atoms with Crippen LogP contribution in [0.25, 0.3) is 0 Å². The number of rotatable bonds is 5. The molecule has 0 radical (unpaired) electrons. The van der Waals surface area contributed by atoms with Gasteiger partial charge in [0.1, 0.15) is 5.82 Å². The van der Waals surface area contributed by atoms with Crippen LogP contribution in [0, 0.1) is 6.92 Å². The van der Waals surface area contributed by atoms with Crippen molar-refractivity contribution >= 4 is 11.7 Å². The number of amides is 1. The van der Waals surface area contributed by atoms with Crippen molar-refractivity contribution in [2.75, 3.05) is 24.5 Å². The van der Waals surface area contributed by atoms with E-state index in [0.29, 0.717) is 6.42 Å². The molecule has 1 aromatic rings. The summed E-state index contributed by atoms with van der Waals surface area (Å²) in [5, 5.41) is 0. The average Bonchev–Trinajstić information content (AvgIpc) is 2.48. The van der Waals surface area contributed by atoms with Crippen LogP contribution < -0.4 is 4.90 Å². The smallest absolute Gasteiger partial charge is 0.228 e. The highest BCUT2D eigenvalue weighted by Gasteiger charge is 2.24. The molecule has 0 aliphatic carbocycles. The molecule has 0 bridgehead atoms. The lowest BCUT2D eigenvalue weighted by atomic mass is 10.1. The fourth-order valence-corrected chi connectivity index (χ4v) is 3.02. The van der Waals surface area contributed by atoms with Crippen molar-refractivity contribution < 1.29 is 4.79 Å². The molecule has 2 heterocycles. The summed E-state index contributed by atoms with van der Waals surface area (Å²) in [6.07, 6.45) is 6.18. The predicted octanol–water partition coefficient (Wildman–Crippen LogP) is 3.01. The lowest BCUT2D eigenvalue weighted by Crippen LogP contribution is -2.47. The lowest BCUT2D eigenvalue weighted by Gasteiger charge is -2.34. The third-order valence-corrected chi connectivity index (χ3v) is 4.13. The third kappa shape index (κ3) is 4.27. The highest BCUT2D eigenvalue weighted by atomic mass is 16.2. The first-order valence-corrected chi connectivity index (χ1v) is 8.09. The fraction of sp³-hybridized carbons (Fsp3) is 0.647. The molecule has 1 aliphatic heterocycles. The Morgan fingerprint density at radius 3 is 2.71 bits per heavy atom. The standard InChI is InChI=1S/C17H27N3O/c1-4-17(21)20(16-12-14(2)8-9-18-16)15(3)13-19-10-6-5-7-11-19/h8-9,12,15H,4-7,10-11,13H2,1-3H3. The van der Waals surface area contributed by atoms with Gasteiger partial charge in [0.05, 0.1) is 0 Å². The number of hydrogen-bond donors (Lipinski definition) is 0. The van der Waals surface area contributed by atoms with Crippen molar-refractivity contribution in [1.82, 2.24) is 9.88 Å². The number of aryl methyl sites for hydroxylation is 1. The van der Waals surface area contributed by atoms with Crippen LogP contribution in [0.4, 0.5) is 5.82 Å². The molecule has 1 amide bonds. The Bertz CT molecular complexity index is 469. The van der Waals surface area contributed by atoms with Gasteiger partial charge in [-0.15, -0.1) is 0 Å². The molecule has 1 aromatic heterocycles. The summed E-state index contributed by atoms with van der Waals surface area (Å²) in [5.74, 6) is 0.934. The number of pyridine rings is 1. The second kappa shape index (κ2) is 7.55. The van der Waals surface area contributed by atoms with Crippen LogP contribution in [0.5, 0.6) is 0 Å². The van der Waals surface area contributed by atoms with Crippen LogP contribution in [0.2, 0.25) is 0 Å². The van der Waals surface area contributed by atoms with E-state index in [2.05, 4.69) is 16.8 Å². The molecule has 0 aromatic carbocycles. The van der Waals surface area contributed by atoms with Gasteiger partial charge >= 0.3 is 0 Å². The predicted molar refractivity (Wildman–Crippen MR) is 86.5 cm³/mol. The quantitative estimate of drug-likeness (QED) is 0.836. The number of carbonyl (C=O) groups is 1. The van der Waals surface area contributed by atoms with E-state index in [1.54, 1.807) is 6.20 Å². The number of nitrogens with zero attached hydrogens (tertiary/aromatic N) is 3. The fourth-order valence-electron chi connectivity index (χ4n) is 3.02. The van der Waals surface area contributed by atoms with Gasteiger partial charge < -0.3 is 4.90 Å². The number of aromatic nitrogens is 1. The SMILES string of the molecule is CCC(=O)N(c1cc(C)ccn1)C(C)CN1CCCCC1. The van der Waals surface area contributed by atoms with E-state index in [-0.39, 0.29) is 11.9 Å². The first kappa shape index (κ1) is 16.0. The van der Waals surface area contributed by atoms with Gasteiger partial charge in [0, 0.05) is 25.2 Å². The molecular weight excluding hydrogens is 262 g/mol. The van der Waals surface area contributed by atoms with Gasteiger partial charge in [0.15, 0.2) is 0 Å². The zero-order valence-corrected chi connectivity index (χ0v) is 13.5. The minimum atomic E-state index is 0.151. The Balaban J connectivity index is 2.13. The van der Waals surface area contributed by atoms with Crippen LogP contribution in [-0.4, -0.2) is 41.5 Å². The van der Waals surface area contributed by atoms with Crippen molar-refractivity contribution in [3.63, 3.8) is 0 Å². The molecule has 4 nitrogen and oxygen atoms in total. The molecule has 4 heteroatoms. The van der Waals surface area contributed by atoms with Crippen molar-refractivity contribution in [3.05, 3.63) is 23.9 Å². The third-order valence-electron chi connectivity index (χ3n) is 4.13. The molecule has 0 saturated carbocycles. The Morgan fingerprint density at radius 2 is 2.10 bits per heavy atom. The number of anilines is 1. The minimum Gasteiger partial charge on any atom is -0.301 e. The van der Waals surface area contributed by atoms with Gasteiger partial charge in [-0.3, -0.25) is 9.69 Å². The Labute approximate surface area is 128 Å². The molecule has 0 N–H and O–H groups in total. The highest BCUT2D eigenvalue weighted by molar-refractivity contribution is 5.92. The maximum absolute atomic E-state index is 12.4. The summed E-state index contributed by atoms with van der Waals surface area (Å²) < 4.78 is 0. The summed E-state index contributed by atoms with van der Waals surface area (Å²) in [5.41, 5.74) is 1.14. The van der Waals surface area contributed by atoms with Gasteiger partial charge in [-0.25, -0.2) is 4.98 Å². The molecule has 21 heavy (non-hydrogen) atoms. The van der Waals surface area contributed by atoms with Gasteiger partial charge in [0.25, 0.3) is 0 Å². The maximum atomic E-state index is 12.4. The van der Waals surface area contributed by atoms with E-state index in [9.17, 15) is 4.79 Å². The van der Waals surface area contributed by atoms with Gasteiger partial charge in [-0.2, -0.15) is 0 Å². The zero-order chi connectivity index (χ0) is 15.2. The molecule has 0 spiro atoms. The number of piperidine rings is 1. The molecule has 1 saturated heterocycles. The number of likely N-dealkylation sites (tertiary alicyclic amines) is 1. The maximum Gasteiger partial charge on any atom is 0.228 e. The van der Waals surface area contributed by atoms with E-state index in [0.717, 1.165) is 31.0 Å². The van der Waals surface area contributed by atoms with E-state index < -0.39 is 0 Å². The van der Waals surface area contributed by atoms with Crippen molar-refractivity contribution in [3.8, 4) is 0 Å². The zero-order valence-electron chi connectivity index (χ0n) is 13.5. The average molecular weight is 289 g/mol. The molecule has 2 rings (SSSR count). The summed E-state index contributed by atoms with van der Waals surface area (Å²) in [6, 6.07) is 4.12. The summed E-state index contributed by atoms with van der Waals surface area (Å²) in [6.45, 7) is 9.32. The van der Waals surface area contributed by atoms with Crippen LogP contribution in [0.1, 0.15) is 45.1 Å². The molecule has 1 unspecified atom stereocenters. The van der Waals surface area contributed by atoms with E-state index >= 15 is 0 Å². The highest BCUT2D eigenvalue weighted by Crippen LogP contribution is 2.19. The van der Waals surface area contributed by atoms with E-state index in [1.165, 1.54) is 19.3 Å². The minimum absolute atomic E-state index is 0.151. The summed E-state index contributed by atoms with van der Waals surface area (Å²) in [7, 11) is 0. The number of carbonyl (C=O) groups excluding carboxylic acids is 1. The van der Waals surface area contributed by atoms with Gasteiger partial charge in [-0.05, 0) is 57.5 Å². The van der Waals surface area contributed by atoms with E-state index in [1.807, 2.05) is 30.9 Å². The van der Waals surface area contributed by atoms with Gasteiger partial charge in [0.2, 0.25) is 5.91 Å². The molecule has 1 atom stereocenters. The van der Waals surface area contributed by atoms with Crippen molar-refractivity contribution in [2.45, 2.75) is 52.5 Å². The largest absolute Gasteiger partial charge is 0.301 e. The summed E-state index contributed by atoms with van der Waals surface area (Å²) >= 11 is 0. The first-order chi connectivity index (χ1) is 10.1. The Morgan fingerprint density at radius 1 is 1.38 bits per heavy atom. The van der Waals surface area contributed by atoms with Gasteiger partial charge in [-0.1, -0.05) is 13.3 Å². The van der Waals surface area contributed by atoms with Crippen LogP contribution in [0.3, 0.4) is 0 Å². The second-order valence-electron chi connectivity index (χ2n) is 6.02. The Kier molecular flexibility index (Phi) is 5.74. The van der Waals surface area contributed by atoms with Crippen LogP contribution in [-0.2, 0) is 4.79 Å². The van der Waals surface area contributed by atoms with Crippen LogP contribution >= 0.6 is 0 Å². The monoisotopic (exact) mass is 289 g/mol. The lowest BCUT2D eigenvalue weighted by molar-refractivity contribution is -0.118. The summed E-state index contributed by atoms with van der Waals surface area (Å²) in [4.78, 5) is 21.1.